The minimum absolute atomic E-state index is 0.230. The predicted octanol–water partition coefficient (Wildman–Crippen LogP) is 2.08. The van der Waals surface area contributed by atoms with Gasteiger partial charge in [0.05, 0.1) is 18.2 Å². The number of fused-ring (bicyclic) bond motifs is 1. The van der Waals surface area contributed by atoms with Gasteiger partial charge in [0.25, 0.3) is 11.8 Å². The number of hydrogen-bond acceptors (Lipinski definition) is 4. The average Bonchev–Trinajstić information content (AvgIpc) is 2.64. The summed E-state index contributed by atoms with van der Waals surface area (Å²) >= 11 is 0. The summed E-state index contributed by atoms with van der Waals surface area (Å²) in [5.41, 5.74) is 0.459. The molecule has 0 unspecified atom stereocenters. The van der Waals surface area contributed by atoms with Gasteiger partial charge >= 0.3 is 6.09 Å². The number of nitrogens with zero attached hydrogens (tertiary/aromatic N) is 1. The second kappa shape index (κ2) is 5.25. The number of benzene rings is 1. The molecule has 0 N–H and O–H groups in total. The predicted molar refractivity (Wildman–Crippen MR) is 60.7 cm³/mol. The largest absolute Gasteiger partial charge is 0.452 e. The second-order valence-corrected chi connectivity index (χ2v) is 2.96. The number of hydrogen-bond donors (Lipinski definition) is 0. The van der Waals surface area contributed by atoms with E-state index in [0.717, 1.165) is 7.11 Å². The van der Waals surface area contributed by atoms with E-state index < -0.39 is 17.9 Å². The normalized spacial score (nSPS) is 12.8. The second-order valence-electron chi connectivity index (χ2n) is 2.96. The monoisotopic (exact) mass is 235 g/mol. The SMILES string of the molecule is CC.COC(=O)N1C(=O)c2ccccc2C1=O. The third-order valence-electron chi connectivity index (χ3n) is 2.15. The van der Waals surface area contributed by atoms with Crippen LogP contribution in [0.15, 0.2) is 24.3 Å². The molecule has 3 amide bonds. The van der Waals surface area contributed by atoms with Crippen molar-refractivity contribution in [2.24, 2.45) is 0 Å². The summed E-state index contributed by atoms with van der Waals surface area (Å²) in [6.07, 6.45) is -0.957. The lowest BCUT2D eigenvalue weighted by Gasteiger charge is -2.08. The number of methoxy groups -OCH3 is 1. The Bertz CT molecular complexity index is 432. The number of imide groups is 3. The molecular weight excluding hydrogens is 222 g/mol. The van der Waals surface area contributed by atoms with E-state index in [9.17, 15) is 14.4 Å². The van der Waals surface area contributed by atoms with Gasteiger partial charge in [0.1, 0.15) is 0 Å². The smallest absolute Gasteiger partial charge is 0.423 e. The van der Waals surface area contributed by atoms with Gasteiger partial charge < -0.3 is 4.74 Å². The zero-order valence-electron chi connectivity index (χ0n) is 9.89. The van der Waals surface area contributed by atoms with Crippen molar-refractivity contribution < 1.29 is 19.1 Å². The third-order valence-corrected chi connectivity index (χ3v) is 2.15. The van der Waals surface area contributed by atoms with E-state index in [4.69, 9.17) is 0 Å². The van der Waals surface area contributed by atoms with Crippen LogP contribution in [0.3, 0.4) is 0 Å². The summed E-state index contributed by atoms with van der Waals surface area (Å²) < 4.78 is 4.35. The van der Waals surface area contributed by atoms with Gasteiger partial charge in [0.2, 0.25) is 0 Å². The van der Waals surface area contributed by atoms with E-state index in [1.165, 1.54) is 12.1 Å². The summed E-state index contributed by atoms with van der Waals surface area (Å²) in [5.74, 6) is -1.27. The highest BCUT2D eigenvalue weighted by molar-refractivity contribution is 6.27. The van der Waals surface area contributed by atoms with Gasteiger partial charge in [-0.25, -0.2) is 4.79 Å². The summed E-state index contributed by atoms with van der Waals surface area (Å²) in [6.45, 7) is 4.00. The minimum Gasteiger partial charge on any atom is -0.452 e. The molecule has 0 saturated heterocycles. The third kappa shape index (κ3) is 2.04. The van der Waals surface area contributed by atoms with E-state index in [1.807, 2.05) is 13.8 Å². The van der Waals surface area contributed by atoms with Crippen LogP contribution in [0.2, 0.25) is 0 Å². The molecule has 2 rings (SSSR count). The van der Waals surface area contributed by atoms with Crippen LogP contribution >= 0.6 is 0 Å². The van der Waals surface area contributed by atoms with Gasteiger partial charge in [-0.05, 0) is 12.1 Å². The van der Waals surface area contributed by atoms with Gasteiger partial charge in [0.15, 0.2) is 0 Å². The van der Waals surface area contributed by atoms with Crippen molar-refractivity contribution in [1.82, 2.24) is 4.90 Å². The molecule has 1 aliphatic rings. The molecule has 90 valence electrons. The van der Waals surface area contributed by atoms with Gasteiger partial charge in [0, 0.05) is 0 Å². The van der Waals surface area contributed by atoms with Crippen molar-refractivity contribution in [2.75, 3.05) is 7.11 Å². The van der Waals surface area contributed by atoms with Crippen molar-refractivity contribution in [3.05, 3.63) is 35.4 Å². The number of rotatable bonds is 0. The molecule has 0 bridgehead atoms. The van der Waals surface area contributed by atoms with Gasteiger partial charge in [-0.1, -0.05) is 26.0 Å². The molecule has 0 spiro atoms. The highest BCUT2D eigenvalue weighted by Crippen LogP contribution is 2.22. The maximum absolute atomic E-state index is 11.6. The van der Waals surface area contributed by atoms with Gasteiger partial charge in [-0.15, -0.1) is 0 Å². The standard InChI is InChI=1S/C10H7NO4.C2H6/c1-15-10(14)11-8(12)6-4-2-3-5-7(6)9(11)13;1-2/h2-5H,1H3;1-2H3. The first kappa shape index (κ1) is 12.9. The van der Waals surface area contributed by atoms with Crippen LogP contribution in [-0.4, -0.2) is 29.9 Å². The Hall–Kier alpha value is -2.17. The van der Waals surface area contributed by atoms with Crippen molar-refractivity contribution >= 4 is 17.9 Å². The van der Waals surface area contributed by atoms with Crippen LogP contribution in [0.5, 0.6) is 0 Å². The molecule has 0 aromatic heterocycles. The quantitative estimate of drug-likeness (QED) is 0.646. The first-order chi connectivity index (χ1) is 8.16. The molecule has 0 fully saturated rings. The summed E-state index contributed by atoms with van der Waals surface area (Å²) in [5, 5.41) is 0. The number of carbonyl (C=O) groups is 3. The minimum atomic E-state index is -0.957. The van der Waals surface area contributed by atoms with Crippen LogP contribution < -0.4 is 0 Å². The Labute approximate surface area is 99.0 Å². The van der Waals surface area contributed by atoms with E-state index in [-0.39, 0.29) is 11.1 Å². The molecule has 0 aliphatic carbocycles. The van der Waals surface area contributed by atoms with E-state index in [1.54, 1.807) is 12.1 Å². The van der Waals surface area contributed by atoms with Crippen molar-refractivity contribution in [2.45, 2.75) is 13.8 Å². The van der Waals surface area contributed by atoms with Crippen molar-refractivity contribution in [3.8, 4) is 0 Å². The lowest BCUT2D eigenvalue weighted by molar-refractivity contribution is 0.0622. The maximum Gasteiger partial charge on any atom is 0.423 e. The van der Waals surface area contributed by atoms with Crippen LogP contribution in [0.1, 0.15) is 34.6 Å². The zero-order chi connectivity index (χ0) is 13.0. The van der Waals surface area contributed by atoms with Crippen molar-refractivity contribution in [1.29, 1.82) is 0 Å². The Morgan fingerprint density at radius 1 is 1.06 bits per heavy atom. The fourth-order valence-electron chi connectivity index (χ4n) is 1.45. The van der Waals surface area contributed by atoms with E-state index >= 15 is 0 Å². The Morgan fingerprint density at radius 3 is 1.82 bits per heavy atom. The maximum atomic E-state index is 11.6. The summed E-state index contributed by atoms with van der Waals surface area (Å²) in [4.78, 5) is 34.9. The topological polar surface area (TPSA) is 63.7 Å². The molecule has 1 aromatic rings. The fourth-order valence-corrected chi connectivity index (χ4v) is 1.45. The summed E-state index contributed by atoms with van der Waals surface area (Å²) in [7, 11) is 1.12. The Kier molecular flexibility index (Phi) is 3.98. The number of carbonyl (C=O) groups excluding carboxylic acids is 3. The van der Waals surface area contributed by atoms with Crippen LogP contribution in [-0.2, 0) is 4.74 Å². The molecule has 0 saturated carbocycles. The first-order valence-corrected chi connectivity index (χ1v) is 5.22. The zero-order valence-corrected chi connectivity index (χ0v) is 9.89. The molecule has 1 aliphatic heterocycles. The first-order valence-electron chi connectivity index (χ1n) is 5.22. The summed E-state index contributed by atoms with van der Waals surface area (Å²) in [6, 6.07) is 6.26. The van der Waals surface area contributed by atoms with Crippen molar-refractivity contribution in [3.63, 3.8) is 0 Å². The van der Waals surface area contributed by atoms with Gasteiger partial charge in [-0.2, -0.15) is 4.90 Å². The molecule has 17 heavy (non-hydrogen) atoms. The molecule has 5 heteroatoms. The van der Waals surface area contributed by atoms with E-state index in [0.29, 0.717) is 4.90 Å². The average molecular weight is 235 g/mol. The Morgan fingerprint density at radius 2 is 1.47 bits per heavy atom. The van der Waals surface area contributed by atoms with Crippen LogP contribution in [0.4, 0.5) is 4.79 Å². The van der Waals surface area contributed by atoms with Crippen LogP contribution in [0, 0.1) is 0 Å². The number of ether oxygens (including phenoxy) is 1. The molecule has 0 atom stereocenters. The molecule has 1 aromatic carbocycles. The lowest BCUT2D eigenvalue weighted by atomic mass is 10.1. The molecule has 1 heterocycles. The Balaban J connectivity index is 0.000000686. The highest BCUT2D eigenvalue weighted by Gasteiger charge is 2.40. The van der Waals surface area contributed by atoms with Gasteiger partial charge in [-0.3, -0.25) is 9.59 Å². The van der Waals surface area contributed by atoms with Crippen LogP contribution in [0.25, 0.3) is 0 Å². The fraction of sp³-hybridized carbons (Fsp3) is 0.250. The molecule has 0 radical (unpaired) electrons. The lowest BCUT2D eigenvalue weighted by Crippen LogP contribution is -2.35. The van der Waals surface area contributed by atoms with E-state index in [2.05, 4.69) is 4.74 Å². The molecular formula is C12H13NO4. The highest BCUT2D eigenvalue weighted by atomic mass is 16.5. The number of amides is 3. The molecule has 5 nitrogen and oxygen atoms in total.